The van der Waals surface area contributed by atoms with E-state index in [2.05, 4.69) is 11.8 Å². The second-order valence-corrected chi connectivity index (χ2v) is 4.49. The van der Waals surface area contributed by atoms with Gasteiger partial charge in [-0.1, -0.05) is 0 Å². The Labute approximate surface area is 75.1 Å². The topological polar surface area (TPSA) is 29.3 Å². The molecule has 2 nitrogen and oxygen atoms in total. The van der Waals surface area contributed by atoms with E-state index >= 15 is 0 Å². The van der Waals surface area contributed by atoms with Crippen LogP contribution in [0.5, 0.6) is 0 Å². The Morgan fingerprint density at radius 3 is 2.67 bits per heavy atom. The molecule has 0 aromatic carbocycles. The van der Waals surface area contributed by atoms with Crippen molar-refractivity contribution in [2.75, 3.05) is 13.1 Å². The van der Waals surface area contributed by atoms with Crippen LogP contribution in [0, 0.1) is 5.92 Å². The van der Waals surface area contributed by atoms with Crippen LogP contribution in [0.25, 0.3) is 0 Å². The third kappa shape index (κ3) is 1.80. The maximum Gasteiger partial charge on any atom is 0.0196 e. The van der Waals surface area contributed by atoms with Gasteiger partial charge >= 0.3 is 0 Å². The van der Waals surface area contributed by atoms with Crippen LogP contribution in [-0.4, -0.2) is 30.1 Å². The van der Waals surface area contributed by atoms with Crippen LogP contribution in [0.3, 0.4) is 0 Å². The molecule has 0 spiro atoms. The van der Waals surface area contributed by atoms with Gasteiger partial charge in [-0.3, -0.25) is 4.90 Å². The zero-order valence-corrected chi connectivity index (χ0v) is 8.00. The summed E-state index contributed by atoms with van der Waals surface area (Å²) in [4.78, 5) is 2.56. The van der Waals surface area contributed by atoms with E-state index in [1.165, 1.54) is 32.2 Å². The van der Waals surface area contributed by atoms with Crippen LogP contribution in [0.15, 0.2) is 0 Å². The van der Waals surface area contributed by atoms with Gasteiger partial charge in [-0.25, -0.2) is 0 Å². The molecule has 2 rings (SSSR count). The van der Waals surface area contributed by atoms with E-state index < -0.39 is 0 Å². The average molecular weight is 168 g/mol. The first-order valence-corrected chi connectivity index (χ1v) is 5.27. The number of hydrogen-bond donors (Lipinski definition) is 1. The highest BCUT2D eigenvalue weighted by Gasteiger charge is 2.31. The van der Waals surface area contributed by atoms with Crippen LogP contribution in [-0.2, 0) is 0 Å². The van der Waals surface area contributed by atoms with Crippen molar-refractivity contribution in [3.63, 3.8) is 0 Å². The molecule has 1 saturated carbocycles. The Morgan fingerprint density at radius 2 is 2.17 bits per heavy atom. The first-order chi connectivity index (χ1) is 5.77. The quantitative estimate of drug-likeness (QED) is 0.686. The molecule has 0 amide bonds. The number of likely N-dealkylation sites (tertiary alicyclic amines) is 1. The Balaban J connectivity index is 1.76. The predicted molar refractivity (Wildman–Crippen MR) is 51.0 cm³/mol. The summed E-state index contributed by atoms with van der Waals surface area (Å²) in [5, 5.41) is 0. The van der Waals surface area contributed by atoms with Gasteiger partial charge in [0, 0.05) is 18.6 Å². The van der Waals surface area contributed by atoms with E-state index in [9.17, 15) is 0 Å². The normalized spacial score (nSPS) is 34.0. The van der Waals surface area contributed by atoms with Crippen LogP contribution in [0.4, 0.5) is 0 Å². The molecular weight excluding hydrogens is 148 g/mol. The summed E-state index contributed by atoms with van der Waals surface area (Å²) >= 11 is 0. The fourth-order valence-electron chi connectivity index (χ4n) is 2.21. The van der Waals surface area contributed by atoms with E-state index in [1.807, 2.05) is 0 Å². The first kappa shape index (κ1) is 8.52. The molecule has 2 atom stereocenters. The van der Waals surface area contributed by atoms with Crippen molar-refractivity contribution in [2.45, 2.75) is 44.7 Å². The minimum Gasteiger partial charge on any atom is -0.326 e. The lowest BCUT2D eigenvalue weighted by Crippen LogP contribution is -2.40. The molecule has 0 aromatic rings. The summed E-state index contributed by atoms with van der Waals surface area (Å²) in [6.07, 6.45) is 5.50. The third-order valence-electron chi connectivity index (χ3n) is 3.36. The van der Waals surface area contributed by atoms with Crippen molar-refractivity contribution >= 4 is 0 Å². The Bertz CT molecular complexity index is 154. The van der Waals surface area contributed by atoms with Gasteiger partial charge in [-0.2, -0.15) is 0 Å². The fourth-order valence-corrected chi connectivity index (χ4v) is 2.21. The van der Waals surface area contributed by atoms with E-state index in [0.717, 1.165) is 18.5 Å². The fraction of sp³-hybridized carbons (Fsp3) is 1.00. The van der Waals surface area contributed by atoms with E-state index in [4.69, 9.17) is 5.73 Å². The molecule has 0 aromatic heterocycles. The van der Waals surface area contributed by atoms with Gasteiger partial charge in [0.25, 0.3) is 0 Å². The van der Waals surface area contributed by atoms with Gasteiger partial charge in [0.1, 0.15) is 0 Å². The van der Waals surface area contributed by atoms with Crippen LogP contribution in [0.1, 0.15) is 32.6 Å². The lowest BCUT2D eigenvalue weighted by Gasteiger charge is -2.24. The molecule has 2 N–H and O–H groups in total. The maximum atomic E-state index is 6.08. The van der Waals surface area contributed by atoms with Crippen LogP contribution >= 0.6 is 0 Å². The summed E-state index contributed by atoms with van der Waals surface area (Å²) in [6.45, 7) is 4.75. The second kappa shape index (κ2) is 3.35. The van der Waals surface area contributed by atoms with Crippen LogP contribution < -0.4 is 5.73 Å². The Hall–Kier alpha value is -0.0800. The second-order valence-electron chi connectivity index (χ2n) is 4.49. The minimum atomic E-state index is 0.463. The predicted octanol–water partition coefficient (Wildman–Crippen LogP) is 1.21. The zero-order chi connectivity index (χ0) is 8.55. The van der Waals surface area contributed by atoms with Gasteiger partial charge in [-0.05, 0) is 45.1 Å². The molecule has 0 radical (unpaired) electrons. The molecule has 1 heterocycles. The van der Waals surface area contributed by atoms with Gasteiger partial charge < -0.3 is 5.73 Å². The summed E-state index contributed by atoms with van der Waals surface area (Å²) < 4.78 is 0. The number of nitrogens with two attached hydrogens (primary N) is 1. The molecule has 2 heteroatoms. The molecule has 12 heavy (non-hydrogen) atoms. The molecule has 2 unspecified atom stereocenters. The van der Waals surface area contributed by atoms with Crippen molar-refractivity contribution in [3.05, 3.63) is 0 Å². The van der Waals surface area contributed by atoms with Gasteiger partial charge in [0.15, 0.2) is 0 Å². The average Bonchev–Trinajstić information content (AvgIpc) is 2.80. The highest BCUT2D eigenvalue weighted by Crippen LogP contribution is 2.32. The summed E-state index contributed by atoms with van der Waals surface area (Å²) in [5.41, 5.74) is 6.08. The van der Waals surface area contributed by atoms with Gasteiger partial charge in [0.05, 0.1) is 0 Å². The van der Waals surface area contributed by atoms with Crippen molar-refractivity contribution in [1.82, 2.24) is 4.90 Å². The molecule has 1 aliphatic carbocycles. The SMILES string of the molecule is CC1CCCN1CC(N)C1CC1. The Kier molecular flexibility index (Phi) is 2.37. The molecule has 1 saturated heterocycles. The molecule has 2 fully saturated rings. The van der Waals surface area contributed by atoms with E-state index in [0.29, 0.717) is 6.04 Å². The van der Waals surface area contributed by atoms with Crippen molar-refractivity contribution < 1.29 is 0 Å². The lowest BCUT2D eigenvalue weighted by molar-refractivity contribution is 0.243. The van der Waals surface area contributed by atoms with Crippen LogP contribution in [0.2, 0.25) is 0 Å². The maximum absolute atomic E-state index is 6.08. The highest BCUT2D eigenvalue weighted by molar-refractivity contribution is 4.88. The zero-order valence-electron chi connectivity index (χ0n) is 8.00. The molecule has 2 aliphatic rings. The standard InChI is InChI=1S/C10H20N2/c1-8-3-2-6-12(8)7-10(11)9-4-5-9/h8-10H,2-7,11H2,1H3. The largest absolute Gasteiger partial charge is 0.326 e. The summed E-state index contributed by atoms with van der Waals surface area (Å²) in [6, 6.07) is 1.25. The minimum absolute atomic E-state index is 0.463. The van der Waals surface area contributed by atoms with E-state index in [-0.39, 0.29) is 0 Å². The molecular formula is C10H20N2. The van der Waals surface area contributed by atoms with Crippen molar-refractivity contribution in [1.29, 1.82) is 0 Å². The van der Waals surface area contributed by atoms with Crippen molar-refractivity contribution in [3.8, 4) is 0 Å². The highest BCUT2D eigenvalue weighted by atomic mass is 15.2. The molecule has 1 aliphatic heterocycles. The monoisotopic (exact) mass is 168 g/mol. The molecule has 0 bridgehead atoms. The number of hydrogen-bond acceptors (Lipinski definition) is 2. The third-order valence-corrected chi connectivity index (χ3v) is 3.36. The van der Waals surface area contributed by atoms with Crippen molar-refractivity contribution in [2.24, 2.45) is 11.7 Å². The summed E-state index contributed by atoms with van der Waals surface area (Å²) in [5.74, 6) is 0.859. The van der Waals surface area contributed by atoms with Gasteiger partial charge in [0.2, 0.25) is 0 Å². The number of nitrogens with zero attached hydrogens (tertiary/aromatic N) is 1. The lowest BCUT2D eigenvalue weighted by atomic mass is 10.2. The van der Waals surface area contributed by atoms with Gasteiger partial charge in [-0.15, -0.1) is 0 Å². The number of rotatable bonds is 3. The summed E-state index contributed by atoms with van der Waals surface area (Å²) in [7, 11) is 0. The first-order valence-electron chi connectivity index (χ1n) is 5.27. The molecule has 70 valence electrons. The smallest absolute Gasteiger partial charge is 0.0196 e. The Morgan fingerprint density at radius 1 is 1.42 bits per heavy atom. The van der Waals surface area contributed by atoms with E-state index in [1.54, 1.807) is 0 Å².